The Balaban J connectivity index is 1.81. The number of sulfonamides is 1. The molecule has 0 saturated carbocycles. The number of carboxylic acids is 1. The molecule has 1 unspecified atom stereocenters. The van der Waals surface area contributed by atoms with Gasteiger partial charge in [-0.25, -0.2) is 8.42 Å². The van der Waals surface area contributed by atoms with Crippen LogP contribution in [-0.4, -0.2) is 35.7 Å². The van der Waals surface area contributed by atoms with Gasteiger partial charge in [0.2, 0.25) is 15.8 Å². The Labute approximate surface area is 168 Å². The van der Waals surface area contributed by atoms with Crippen LogP contribution in [0.25, 0.3) is 22.8 Å². The maximum Gasteiger partial charge on any atom is 0.322 e. The zero-order valence-electron chi connectivity index (χ0n) is 16.2. The van der Waals surface area contributed by atoms with Gasteiger partial charge < -0.3 is 9.63 Å². The van der Waals surface area contributed by atoms with Gasteiger partial charge in [0.15, 0.2) is 0 Å². The van der Waals surface area contributed by atoms with E-state index in [-0.39, 0.29) is 4.90 Å². The molecule has 1 aromatic heterocycles. The summed E-state index contributed by atoms with van der Waals surface area (Å²) in [6.07, 6.45) is 0. The lowest BCUT2D eigenvalue weighted by atomic mass is 10.1. The van der Waals surface area contributed by atoms with Crippen LogP contribution in [0.2, 0.25) is 0 Å². The number of nitrogens with zero attached hydrogens (tertiary/aromatic N) is 2. The van der Waals surface area contributed by atoms with Gasteiger partial charge in [0.1, 0.15) is 6.04 Å². The molecule has 0 fully saturated rings. The first kappa shape index (κ1) is 20.7. The van der Waals surface area contributed by atoms with Gasteiger partial charge in [-0.1, -0.05) is 36.7 Å². The third-order valence-electron chi connectivity index (χ3n) is 4.36. The first-order valence-electron chi connectivity index (χ1n) is 8.93. The van der Waals surface area contributed by atoms with Gasteiger partial charge >= 0.3 is 5.97 Å². The van der Waals surface area contributed by atoms with Crippen molar-refractivity contribution in [2.24, 2.45) is 5.92 Å². The molecular formula is C20H21N3O5S. The van der Waals surface area contributed by atoms with Gasteiger partial charge in [0.25, 0.3) is 5.89 Å². The quantitative estimate of drug-likeness (QED) is 0.608. The Kier molecular flexibility index (Phi) is 5.81. The Hall–Kier alpha value is -3.04. The second kappa shape index (κ2) is 8.14. The Morgan fingerprint density at radius 1 is 1.03 bits per heavy atom. The van der Waals surface area contributed by atoms with Gasteiger partial charge in [-0.05, 0) is 49.2 Å². The number of aryl methyl sites for hydroxylation is 1. The predicted molar refractivity (Wildman–Crippen MR) is 106 cm³/mol. The maximum atomic E-state index is 12.5. The number of nitrogens with one attached hydrogen (secondary N) is 1. The van der Waals surface area contributed by atoms with Gasteiger partial charge in [-0.15, -0.1) is 0 Å². The van der Waals surface area contributed by atoms with Gasteiger partial charge in [0.05, 0.1) is 4.90 Å². The van der Waals surface area contributed by atoms with Crippen molar-refractivity contribution in [3.05, 3.63) is 54.1 Å². The van der Waals surface area contributed by atoms with Crippen LogP contribution < -0.4 is 4.72 Å². The van der Waals surface area contributed by atoms with E-state index in [1.165, 1.54) is 12.1 Å². The largest absolute Gasteiger partial charge is 0.480 e. The first-order valence-corrected chi connectivity index (χ1v) is 10.4. The van der Waals surface area contributed by atoms with Crippen LogP contribution in [0.15, 0.2) is 57.9 Å². The molecule has 0 spiro atoms. The topological polar surface area (TPSA) is 122 Å². The summed E-state index contributed by atoms with van der Waals surface area (Å²) in [5.41, 5.74) is 2.47. The molecule has 1 heterocycles. The highest BCUT2D eigenvalue weighted by molar-refractivity contribution is 7.89. The number of hydrogen-bond acceptors (Lipinski definition) is 6. The SMILES string of the molecule is Cc1ccc(-c2nc(-c3ccc(S(=O)(=O)NC(C(=O)O)C(C)C)cc3)no2)cc1. The third-order valence-corrected chi connectivity index (χ3v) is 5.82. The molecule has 0 radical (unpaired) electrons. The smallest absolute Gasteiger partial charge is 0.322 e. The second-order valence-corrected chi connectivity index (χ2v) is 8.71. The molecule has 0 bridgehead atoms. The van der Waals surface area contributed by atoms with Crippen LogP contribution in [0, 0.1) is 12.8 Å². The monoisotopic (exact) mass is 415 g/mol. The highest BCUT2D eigenvalue weighted by Crippen LogP contribution is 2.23. The van der Waals surface area contributed by atoms with E-state index in [9.17, 15) is 18.3 Å². The highest BCUT2D eigenvalue weighted by Gasteiger charge is 2.28. The molecule has 152 valence electrons. The van der Waals surface area contributed by atoms with E-state index in [0.717, 1.165) is 11.1 Å². The van der Waals surface area contributed by atoms with E-state index in [4.69, 9.17) is 4.52 Å². The van der Waals surface area contributed by atoms with Crippen molar-refractivity contribution in [3.8, 4) is 22.8 Å². The lowest BCUT2D eigenvalue weighted by molar-refractivity contribution is -0.140. The second-order valence-electron chi connectivity index (χ2n) is 6.99. The van der Waals surface area contributed by atoms with Crippen molar-refractivity contribution in [2.45, 2.75) is 31.7 Å². The number of benzene rings is 2. The fourth-order valence-electron chi connectivity index (χ4n) is 2.64. The molecule has 0 aliphatic carbocycles. The van der Waals surface area contributed by atoms with Crippen LogP contribution in [-0.2, 0) is 14.8 Å². The number of aromatic nitrogens is 2. The van der Waals surface area contributed by atoms with Crippen LogP contribution in [0.5, 0.6) is 0 Å². The number of hydrogen-bond donors (Lipinski definition) is 2. The first-order chi connectivity index (χ1) is 13.7. The van der Waals surface area contributed by atoms with E-state index in [2.05, 4.69) is 14.9 Å². The summed E-state index contributed by atoms with van der Waals surface area (Å²) in [4.78, 5) is 15.6. The maximum absolute atomic E-state index is 12.5. The van der Waals surface area contributed by atoms with Crippen molar-refractivity contribution in [3.63, 3.8) is 0 Å². The zero-order chi connectivity index (χ0) is 21.2. The molecule has 8 nitrogen and oxygen atoms in total. The van der Waals surface area contributed by atoms with Gasteiger partial charge in [-0.3, -0.25) is 4.79 Å². The average Bonchev–Trinajstić information content (AvgIpc) is 3.16. The van der Waals surface area contributed by atoms with E-state index >= 15 is 0 Å². The summed E-state index contributed by atoms with van der Waals surface area (Å²) in [6, 6.07) is 12.3. The number of aliphatic carboxylic acids is 1. The molecule has 0 amide bonds. The lowest BCUT2D eigenvalue weighted by Gasteiger charge is -2.18. The molecule has 2 N–H and O–H groups in total. The van der Waals surface area contributed by atoms with Crippen molar-refractivity contribution >= 4 is 16.0 Å². The standard InChI is InChI=1S/C20H21N3O5S/c1-12(2)17(20(24)25)23-29(26,27)16-10-8-14(9-11-16)18-21-19(28-22-18)15-6-4-13(3)5-7-15/h4-12,17,23H,1-3H3,(H,24,25). The molecule has 3 aromatic rings. The van der Waals surface area contributed by atoms with Crippen LogP contribution in [0.1, 0.15) is 19.4 Å². The summed E-state index contributed by atoms with van der Waals surface area (Å²) in [7, 11) is -3.99. The van der Waals surface area contributed by atoms with Crippen LogP contribution in [0.4, 0.5) is 0 Å². The molecular weight excluding hydrogens is 394 g/mol. The minimum absolute atomic E-state index is 0.0459. The summed E-state index contributed by atoms with van der Waals surface area (Å²) >= 11 is 0. The highest BCUT2D eigenvalue weighted by atomic mass is 32.2. The van der Waals surface area contributed by atoms with Crippen molar-refractivity contribution in [1.82, 2.24) is 14.9 Å². The normalized spacial score (nSPS) is 12.8. The molecule has 9 heteroatoms. The fourth-order valence-corrected chi connectivity index (χ4v) is 3.98. The lowest BCUT2D eigenvalue weighted by Crippen LogP contribution is -2.44. The summed E-state index contributed by atoms with van der Waals surface area (Å²) in [5.74, 6) is -0.945. The summed E-state index contributed by atoms with van der Waals surface area (Å²) < 4.78 is 32.5. The zero-order valence-corrected chi connectivity index (χ0v) is 17.0. The minimum Gasteiger partial charge on any atom is -0.480 e. The van der Waals surface area contributed by atoms with Crippen LogP contribution in [0.3, 0.4) is 0 Å². The minimum atomic E-state index is -3.99. The average molecular weight is 415 g/mol. The Morgan fingerprint density at radius 2 is 1.62 bits per heavy atom. The van der Waals surface area contributed by atoms with Gasteiger partial charge in [0, 0.05) is 11.1 Å². The molecule has 3 rings (SSSR count). The third kappa shape index (κ3) is 4.69. The molecule has 0 saturated heterocycles. The van der Waals surface area contributed by atoms with Gasteiger partial charge in [-0.2, -0.15) is 9.71 Å². The molecule has 0 aliphatic heterocycles. The van der Waals surface area contributed by atoms with Crippen molar-refractivity contribution < 1.29 is 22.8 Å². The Bertz CT molecular complexity index is 1100. The van der Waals surface area contributed by atoms with Crippen molar-refractivity contribution in [1.29, 1.82) is 0 Å². The van der Waals surface area contributed by atoms with Crippen LogP contribution >= 0.6 is 0 Å². The summed E-state index contributed by atoms with van der Waals surface area (Å²) in [5, 5.41) is 13.1. The predicted octanol–water partition coefficient (Wildman–Crippen LogP) is 3.10. The number of carboxylic acid groups (broad SMARTS) is 1. The molecule has 0 aliphatic rings. The molecule has 29 heavy (non-hydrogen) atoms. The van der Waals surface area contributed by atoms with E-state index < -0.39 is 28.0 Å². The van der Waals surface area contributed by atoms with E-state index in [1.54, 1.807) is 26.0 Å². The number of carbonyl (C=O) groups is 1. The molecule has 2 aromatic carbocycles. The van der Waals surface area contributed by atoms with E-state index in [1.807, 2.05) is 31.2 Å². The number of rotatable bonds is 7. The Morgan fingerprint density at radius 3 is 2.17 bits per heavy atom. The van der Waals surface area contributed by atoms with Crippen molar-refractivity contribution in [2.75, 3.05) is 0 Å². The fraction of sp³-hybridized carbons (Fsp3) is 0.250. The summed E-state index contributed by atoms with van der Waals surface area (Å²) in [6.45, 7) is 5.24. The van der Waals surface area contributed by atoms with E-state index in [0.29, 0.717) is 17.3 Å². The molecule has 1 atom stereocenters.